The number of rotatable bonds is 5. The fraction of sp³-hybridized carbons (Fsp3) is 0.400. The molecule has 19 heavy (non-hydrogen) atoms. The van der Waals surface area contributed by atoms with Gasteiger partial charge in [-0.15, -0.1) is 0 Å². The molecule has 0 aliphatic rings. The van der Waals surface area contributed by atoms with Gasteiger partial charge >= 0.3 is 0 Å². The molecule has 0 aromatic heterocycles. The van der Waals surface area contributed by atoms with E-state index in [9.17, 15) is 21.9 Å². The lowest BCUT2D eigenvalue weighted by Gasteiger charge is -2.17. The standard InChI is InChI=1S/C10H16N2O5S2/c1-12(5-6-18(2,14)15)19(16,17)8-3-4-10(13)9(11)7-8/h3-4,7,13H,5-6,11H2,1-2H3. The minimum absolute atomic E-state index is 0.0578. The van der Waals surface area contributed by atoms with Crippen molar-refractivity contribution >= 4 is 25.5 Å². The van der Waals surface area contributed by atoms with E-state index >= 15 is 0 Å². The molecule has 1 rings (SSSR count). The molecule has 0 amide bonds. The molecule has 3 N–H and O–H groups in total. The van der Waals surface area contributed by atoms with Gasteiger partial charge in [-0.25, -0.2) is 16.8 Å². The van der Waals surface area contributed by atoms with E-state index in [0.29, 0.717) is 0 Å². The maximum Gasteiger partial charge on any atom is 0.242 e. The van der Waals surface area contributed by atoms with Crippen molar-refractivity contribution in [2.45, 2.75) is 4.90 Å². The smallest absolute Gasteiger partial charge is 0.242 e. The monoisotopic (exact) mass is 308 g/mol. The van der Waals surface area contributed by atoms with E-state index in [4.69, 9.17) is 5.73 Å². The van der Waals surface area contributed by atoms with Crippen molar-refractivity contribution < 1.29 is 21.9 Å². The number of anilines is 1. The van der Waals surface area contributed by atoms with Gasteiger partial charge in [0, 0.05) is 19.8 Å². The Hall–Kier alpha value is -1.32. The average Bonchev–Trinajstić information content (AvgIpc) is 2.28. The number of phenols is 1. The topological polar surface area (TPSA) is 118 Å². The Labute approximate surface area is 112 Å². The Bertz CT molecular complexity index is 667. The quantitative estimate of drug-likeness (QED) is 0.566. The minimum Gasteiger partial charge on any atom is -0.506 e. The first kappa shape index (κ1) is 15.7. The first-order chi connectivity index (χ1) is 8.54. The third-order valence-corrected chi connectivity index (χ3v) is 5.26. The summed E-state index contributed by atoms with van der Waals surface area (Å²) in [7, 11) is -5.79. The van der Waals surface area contributed by atoms with E-state index in [0.717, 1.165) is 16.6 Å². The molecule has 0 heterocycles. The van der Waals surface area contributed by atoms with Gasteiger partial charge in [-0.1, -0.05) is 0 Å². The Morgan fingerprint density at radius 1 is 1.26 bits per heavy atom. The van der Waals surface area contributed by atoms with Gasteiger partial charge in [0.15, 0.2) is 0 Å². The number of aromatic hydroxyl groups is 1. The van der Waals surface area contributed by atoms with Crippen LogP contribution in [0.5, 0.6) is 5.75 Å². The highest BCUT2D eigenvalue weighted by Gasteiger charge is 2.22. The van der Waals surface area contributed by atoms with Crippen molar-refractivity contribution in [1.82, 2.24) is 4.31 Å². The van der Waals surface area contributed by atoms with Gasteiger partial charge in [-0.3, -0.25) is 0 Å². The van der Waals surface area contributed by atoms with E-state index in [1.807, 2.05) is 0 Å². The molecule has 0 saturated carbocycles. The highest BCUT2D eigenvalue weighted by Crippen LogP contribution is 2.24. The van der Waals surface area contributed by atoms with Gasteiger partial charge < -0.3 is 10.8 Å². The van der Waals surface area contributed by atoms with Crippen LogP contribution < -0.4 is 5.73 Å². The summed E-state index contributed by atoms with van der Waals surface area (Å²) < 4.78 is 47.2. The molecule has 0 saturated heterocycles. The number of nitrogen functional groups attached to an aromatic ring is 1. The maximum atomic E-state index is 12.1. The van der Waals surface area contributed by atoms with E-state index in [1.54, 1.807) is 0 Å². The van der Waals surface area contributed by atoms with E-state index in [1.165, 1.54) is 19.2 Å². The zero-order chi connectivity index (χ0) is 14.8. The van der Waals surface area contributed by atoms with Crippen LogP contribution in [0.3, 0.4) is 0 Å². The van der Waals surface area contributed by atoms with Gasteiger partial charge in [-0.05, 0) is 18.2 Å². The summed E-state index contributed by atoms with van der Waals surface area (Å²) in [6.45, 7) is -0.151. The molecule has 9 heteroatoms. The normalized spacial score (nSPS) is 12.8. The van der Waals surface area contributed by atoms with Crippen LogP contribution in [-0.4, -0.2) is 51.8 Å². The summed E-state index contributed by atoms with van der Waals surface area (Å²) >= 11 is 0. The second-order valence-corrected chi connectivity index (χ2v) is 8.48. The summed E-state index contributed by atoms with van der Waals surface area (Å²) in [5, 5.41) is 9.25. The fourth-order valence-corrected chi connectivity index (χ4v) is 3.22. The van der Waals surface area contributed by atoms with Crippen LogP contribution in [0.25, 0.3) is 0 Å². The predicted octanol–water partition coefficient (Wildman–Crippen LogP) is -0.360. The predicted molar refractivity (Wildman–Crippen MR) is 72.0 cm³/mol. The highest BCUT2D eigenvalue weighted by atomic mass is 32.2. The van der Waals surface area contributed by atoms with Crippen molar-refractivity contribution in [2.75, 3.05) is 31.3 Å². The van der Waals surface area contributed by atoms with Crippen molar-refractivity contribution in [3.8, 4) is 5.75 Å². The van der Waals surface area contributed by atoms with Crippen molar-refractivity contribution in [3.63, 3.8) is 0 Å². The number of nitrogens with zero attached hydrogens (tertiary/aromatic N) is 1. The summed E-state index contributed by atoms with van der Waals surface area (Å²) in [5.74, 6) is -0.478. The van der Waals surface area contributed by atoms with Crippen LogP contribution in [0, 0.1) is 0 Å². The summed E-state index contributed by atoms with van der Waals surface area (Å²) in [6, 6.07) is 3.51. The molecular formula is C10H16N2O5S2. The number of nitrogens with two attached hydrogens (primary N) is 1. The fourth-order valence-electron chi connectivity index (χ4n) is 1.29. The van der Waals surface area contributed by atoms with Gasteiger partial charge in [0.1, 0.15) is 15.6 Å². The van der Waals surface area contributed by atoms with Crippen LogP contribution in [0.15, 0.2) is 23.1 Å². The van der Waals surface area contributed by atoms with E-state index in [-0.39, 0.29) is 28.6 Å². The average molecular weight is 308 g/mol. The van der Waals surface area contributed by atoms with Gasteiger partial charge in [0.25, 0.3) is 0 Å². The summed E-state index contributed by atoms with van der Waals surface area (Å²) in [6.07, 6.45) is 1.03. The van der Waals surface area contributed by atoms with Crippen molar-refractivity contribution in [3.05, 3.63) is 18.2 Å². The van der Waals surface area contributed by atoms with Gasteiger partial charge in [0.05, 0.1) is 16.3 Å². The molecule has 0 atom stereocenters. The molecule has 0 bridgehead atoms. The number of sulfone groups is 1. The number of hydrogen-bond donors (Lipinski definition) is 2. The molecule has 0 spiro atoms. The Kier molecular flexibility index (Phi) is 4.43. The third kappa shape index (κ3) is 4.08. The number of hydrogen-bond acceptors (Lipinski definition) is 6. The molecule has 1 aromatic rings. The van der Waals surface area contributed by atoms with Crippen LogP contribution in [0.4, 0.5) is 5.69 Å². The largest absolute Gasteiger partial charge is 0.506 e. The molecule has 0 aliphatic carbocycles. The summed E-state index contributed by atoms with van der Waals surface area (Å²) in [5.41, 5.74) is 5.37. The van der Waals surface area contributed by atoms with E-state index < -0.39 is 19.9 Å². The zero-order valence-corrected chi connectivity index (χ0v) is 12.2. The molecule has 108 valence electrons. The molecule has 1 aromatic carbocycles. The molecular weight excluding hydrogens is 292 g/mol. The Balaban J connectivity index is 3.00. The number of benzene rings is 1. The highest BCUT2D eigenvalue weighted by molar-refractivity contribution is 7.91. The first-order valence-corrected chi connectivity index (χ1v) is 8.76. The first-order valence-electron chi connectivity index (χ1n) is 5.26. The van der Waals surface area contributed by atoms with Crippen molar-refractivity contribution in [2.24, 2.45) is 0 Å². The third-order valence-electron chi connectivity index (χ3n) is 2.48. The number of sulfonamides is 1. The minimum atomic E-state index is -3.82. The number of phenolic OH excluding ortho intramolecular Hbond substituents is 1. The lowest BCUT2D eigenvalue weighted by Crippen LogP contribution is -2.31. The Morgan fingerprint density at radius 3 is 2.32 bits per heavy atom. The molecule has 0 unspecified atom stereocenters. The Morgan fingerprint density at radius 2 is 1.84 bits per heavy atom. The van der Waals surface area contributed by atoms with Gasteiger partial charge in [0.2, 0.25) is 10.0 Å². The van der Waals surface area contributed by atoms with Crippen molar-refractivity contribution in [1.29, 1.82) is 0 Å². The summed E-state index contributed by atoms with van der Waals surface area (Å²) in [4.78, 5) is -0.0983. The van der Waals surface area contributed by atoms with E-state index in [2.05, 4.69) is 0 Å². The lowest BCUT2D eigenvalue weighted by molar-refractivity contribution is 0.475. The maximum absolute atomic E-state index is 12.1. The lowest BCUT2D eigenvalue weighted by atomic mass is 10.3. The second kappa shape index (κ2) is 5.35. The van der Waals surface area contributed by atoms with Gasteiger partial charge in [-0.2, -0.15) is 4.31 Å². The molecule has 0 aliphatic heterocycles. The molecule has 0 fully saturated rings. The molecule has 7 nitrogen and oxygen atoms in total. The van der Waals surface area contributed by atoms with Crippen LogP contribution in [-0.2, 0) is 19.9 Å². The van der Waals surface area contributed by atoms with Crippen LogP contribution in [0.2, 0.25) is 0 Å². The SMILES string of the molecule is CN(CCS(C)(=O)=O)S(=O)(=O)c1ccc(O)c(N)c1. The second-order valence-electron chi connectivity index (χ2n) is 4.18. The van der Waals surface area contributed by atoms with Crippen LogP contribution in [0.1, 0.15) is 0 Å². The van der Waals surface area contributed by atoms with Crippen LogP contribution >= 0.6 is 0 Å². The molecule has 0 radical (unpaired) electrons. The zero-order valence-electron chi connectivity index (χ0n) is 10.6.